The Morgan fingerprint density at radius 2 is 1.97 bits per heavy atom. The Hall–Kier alpha value is -3.08. The van der Waals surface area contributed by atoms with Gasteiger partial charge < -0.3 is 15.0 Å². The minimum absolute atomic E-state index is 0.0971. The number of carbonyl (C=O) groups excluding carboxylic acids is 3. The van der Waals surface area contributed by atoms with Crippen LogP contribution in [0.2, 0.25) is 0 Å². The number of methoxy groups -OCH3 is 1. The second-order valence-electron chi connectivity index (χ2n) is 8.15. The first-order valence-electron chi connectivity index (χ1n) is 11.1. The van der Waals surface area contributed by atoms with Crippen LogP contribution in [0, 0.1) is 0 Å². The molecule has 10 nitrogen and oxygen atoms in total. The summed E-state index contributed by atoms with van der Waals surface area (Å²) in [6, 6.07) is 6.57. The molecule has 0 radical (unpaired) electrons. The number of imide groups is 1. The molecule has 0 aliphatic carbocycles. The second kappa shape index (κ2) is 10.7. The fourth-order valence-electron chi connectivity index (χ4n) is 4.09. The van der Waals surface area contributed by atoms with Crippen LogP contribution in [0.5, 0.6) is 5.75 Å². The number of hydrogen-bond acceptors (Lipinski definition) is 7. The van der Waals surface area contributed by atoms with E-state index in [0.717, 1.165) is 31.6 Å². The van der Waals surface area contributed by atoms with Crippen LogP contribution in [0.15, 0.2) is 29.4 Å². The highest BCUT2D eigenvalue weighted by atomic mass is 32.2. The molecule has 2 fully saturated rings. The van der Waals surface area contributed by atoms with Gasteiger partial charge in [-0.05, 0) is 25.0 Å². The van der Waals surface area contributed by atoms with Gasteiger partial charge in [-0.2, -0.15) is 0 Å². The molecule has 0 saturated carbocycles. The lowest BCUT2D eigenvalue weighted by atomic mass is 10.1. The van der Waals surface area contributed by atoms with Crippen LogP contribution in [0.1, 0.15) is 37.9 Å². The van der Waals surface area contributed by atoms with Crippen molar-refractivity contribution in [2.75, 3.05) is 26.0 Å². The van der Waals surface area contributed by atoms with Gasteiger partial charge in [0.15, 0.2) is 5.16 Å². The number of amides is 4. The van der Waals surface area contributed by atoms with Crippen molar-refractivity contribution in [1.29, 1.82) is 0 Å². The Bertz CT molecular complexity index is 1000. The zero-order valence-corrected chi connectivity index (χ0v) is 19.4. The van der Waals surface area contributed by atoms with Gasteiger partial charge in [-0.3, -0.25) is 19.5 Å². The fraction of sp³-hybridized carbons (Fsp3) is 0.500. The van der Waals surface area contributed by atoms with Crippen molar-refractivity contribution in [1.82, 2.24) is 30.3 Å². The lowest BCUT2D eigenvalue weighted by molar-refractivity contribution is -0.128. The van der Waals surface area contributed by atoms with E-state index in [1.807, 2.05) is 33.7 Å². The first kappa shape index (κ1) is 23.1. The number of likely N-dealkylation sites (tertiary alicyclic amines) is 1. The summed E-state index contributed by atoms with van der Waals surface area (Å²) >= 11 is 1.34. The number of nitrogens with one attached hydrogen (secondary N) is 2. The van der Waals surface area contributed by atoms with E-state index < -0.39 is 12.1 Å². The zero-order valence-electron chi connectivity index (χ0n) is 18.6. The highest BCUT2D eigenvalue weighted by Crippen LogP contribution is 2.26. The number of hydrogen-bond donors (Lipinski definition) is 2. The maximum absolute atomic E-state index is 12.8. The summed E-state index contributed by atoms with van der Waals surface area (Å²) in [5, 5.41) is 14.3. The highest BCUT2D eigenvalue weighted by Gasteiger charge is 2.27. The monoisotopic (exact) mass is 472 g/mol. The van der Waals surface area contributed by atoms with Crippen molar-refractivity contribution in [3.63, 3.8) is 0 Å². The van der Waals surface area contributed by atoms with Crippen LogP contribution in [0.3, 0.4) is 0 Å². The van der Waals surface area contributed by atoms with Gasteiger partial charge in [0.05, 0.1) is 18.6 Å². The van der Waals surface area contributed by atoms with Crippen molar-refractivity contribution in [2.45, 2.75) is 49.7 Å². The Kier molecular flexibility index (Phi) is 7.48. The Morgan fingerprint density at radius 3 is 2.70 bits per heavy atom. The van der Waals surface area contributed by atoms with Crippen LogP contribution in [0.4, 0.5) is 4.79 Å². The maximum atomic E-state index is 12.8. The molecule has 2 aliphatic rings. The average Bonchev–Trinajstić information content (AvgIpc) is 3.00. The van der Waals surface area contributed by atoms with Crippen LogP contribution in [-0.4, -0.2) is 69.5 Å². The quantitative estimate of drug-likeness (QED) is 0.591. The van der Waals surface area contributed by atoms with Crippen LogP contribution in [0.25, 0.3) is 5.69 Å². The normalized spacial score (nSPS) is 18.9. The van der Waals surface area contributed by atoms with E-state index in [9.17, 15) is 14.4 Å². The lowest BCUT2D eigenvalue weighted by Crippen LogP contribution is -2.53. The predicted octanol–water partition coefficient (Wildman–Crippen LogP) is 1.91. The number of aromatic nitrogens is 3. The molecule has 2 saturated heterocycles. The minimum atomic E-state index is -0.513. The number of nitrogens with zero attached hydrogens (tertiary/aromatic N) is 4. The summed E-state index contributed by atoms with van der Waals surface area (Å²) in [6.45, 7) is 1.60. The number of urea groups is 1. The highest BCUT2D eigenvalue weighted by molar-refractivity contribution is 7.99. The van der Waals surface area contributed by atoms with E-state index in [0.29, 0.717) is 23.2 Å². The molecular formula is C22H28N6O4S. The lowest BCUT2D eigenvalue weighted by Gasteiger charge is -2.23. The van der Waals surface area contributed by atoms with Crippen LogP contribution < -0.4 is 15.4 Å². The van der Waals surface area contributed by atoms with Gasteiger partial charge in [0, 0.05) is 38.0 Å². The van der Waals surface area contributed by atoms with Crippen molar-refractivity contribution in [3.05, 3.63) is 30.1 Å². The molecule has 0 bridgehead atoms. The van der Waals surface area contributed by atoms with Gasteiger partial charge in [-0.1, -0.05) is 30.7 Å². The SMILES string of the molecule is COc1cccc(-n2c(CC3CC(=O)NC(=O)N3)nnc2SCC(=O)N2CCCCCC2)c1. The van der Waals surface area contributed by atoms with E-state index in [1.54, 1.807) is 7.11 Å². The maximum Gasteiger partial charge on any atom is 0.321 e. The number of rotatable bonds is 7. The zero-order chi connectivity index (χ0) is 23.2. The molecule has 4 amide bonds. The van der Waals surface area contributed by atoms with E-state index in [4.69, 9.17) is 4.74 Å². The molecule has 1 aromatic heterocycles. The third-order valence-electron chi connectivity index (χ3n) is 5.74. The molecular weight excluding hydrogens is 444 g/mol. The van der Waals surface area contributed by atoms with Gasteiger partial charge in [0.1, 0.15) is 11.6 Å². The summed E-state index contributed by atoms with van der Waals surface area (Å²) in [5.41, 5.74) is 0.783. The molecule has 33 heavy (non-hydrogen) atoms. The predicted molar refractivity (Wildman–Crippen MR) is 122 cm³/mol. The molecule has 0 spiro atoms. The third kappa shape index (κ3) is 5.84. The van der Waals surface area contributed by atoms with E-state index in [-0.39, 0.29) is 24.0 Å². The second-order valence-corrected chi connectivity index (χ2v) is 9.09. The van der Waals surface area contributed by atoms with Gasteiger partial charge in [-0.25, -0.2) is 4.79 Å². The van der Waals surface area contributed by atoms with Gasteiger partial charge >= 0.3 is 6.03 Å². The Labute approximate surface area is 196 Å². The van der Waals surface area contributed by atoms with Crippen LogP contribution >= 0.6 is 11.8 Å². The van der Waals surface area contributed by atoms with E-state index in [2.05, 4.69) is 20.8 Å². The average molecular weight is 473 g/mol. The smallest absolute Gasteiger partial charge is 0.321 e. The summed E-state index contributed by atoms with van der Waals surface area (Å²) in [6.07, 6.45) is 4.90. The molecule has 2 aliphatic heterocycles. The number of carbonyl (C=O) groups is 3. The summed E-state index contributed by atoms with van der Waals surface area (Å²) in [5.74, 6) is 1.31. The summed E-state index contributed by atoms with van der Waals surface area (Å²) in [4.78, 5) is 38.3. The first-order chi connectivity index (χ1) is 16.0. The number of thioether (sulfide) groups is 1. The van der Waals surface area contributed by atoms with Crippen LogP contribution in [-0.2, 0) is 16.0 Å². The molecule has 1 unspecified atom stereocenters. The Balaban J connectivity index is 1.56. The van der Waals surface area contributed by atoms with E-state index >= 15 is 0 Å². The topological polar surface area (TPSA) is 118 Å². The van der Waals surface area contributed by atoms with Crippen molar-refractivity contribution in [3.8, 4) is 11.4 Å². The van der Waals surface area contributed by atoms with Crippen molar-refractivity contribution >= 4 is 29.6 Å². The van der Waals surface area contributed by atoms with Gasteiger partial charge in [0.2, 0.25) is 11.8 Å². The first-order valence-corrected chi connectivity index (χ1v) is 12.1. The summed E-state index contributed by atoms with van der Waals surface area (Å²) in [7, 11) is 1.60. The van der Waals surface area contributed by atoms with Crippen molar-refractivity contribution in [2.24, 2.45) is 0 Å². The molecule has 2 N–H and O–H groups in total. The molecule has 11 heteroatoms. The standard InChI is InChI=1S/C22H28N6O4S/c1-32-17-8-6-7-16(13-17)28-18(11-15-12-19(29)24-21(31)23-15)25-26-22(28)33-14-20(30)27-9-4-2-3-5-10-27/h6-8,13,15H,2-5,9-12,14H2,1H3,(H2,23,24,29,31). The molecule has 1 aromatic carbocycles. The Morgan fingerprint density at radius 1 is 1.18 bits per heavy atom. The van der Waals surface area contributed by atoms with Gasteiger partial charge in [-0.15, -0.1) is 10.2 Å². The minimum Gasteiger partial charge on any atom is -0.497 e. The molecule has 3 heterocycles. The van der Waals surface area contributed by atoms with Gasteiger partial charge in [0.25, 0.3) is 0 Å². The summed E-state index contributed by atoms with van der Waals surface area (Å²) < 4.78 is 7.23. The number of benzene rings is 1. The molecule has 176 valence electrons. The largest absolute Gasteiger partial charge is 0.497 e. The van der Waals surface area contributed by atoms with E-state index in [1.165, 1.54) is 24.6 Å². The fourth-order valence-corrected chi connectivity index (χ4v) is 4.96. The molecule has 4 rings (SSSR count). The number of ether oxygens (including phenoxy) is 1. The molecule has 2 aromatic rings. The van der Waals surface area contributed by atoms with Crippen molar-refractivity contribution < 1.29 is 19.1 Å². The third-order valence-corrected chi connectivity index (χ3v) is 6.66. The molecule has 1 atom stereocenters.